The summed E-state index contributed by atoms with van der Waals surface area (Å²) in [6.07, 6.45) is 5.17. The Morgan fingerprint density at radius 2 is 2.04 bits per heavy atom. The Morgan fingerprint density at radius 3 is 2.75 bits per heavy atom. The molecule has 0 unspecified atom stereocenters. The van der Waals surface area contributed by atoms with Crippen molar-refractivity contribution in [3.63, 3.8) is 0 Å². The van der Waals surface area contributed by atoms with E-state index in [0.717, 1.165) is 31.8 Å². The number of piperidine rings is 1. The van der Waals surface area contributed by atoms with E-state index in [1.807, 2.05) is 12.1 Å². The molecule has 6 heteroatoms. The van der Waals surface area contributed by atoms with Crippen LogP contribution in [0.5, 0.6) is 0 Å². The maximum atomic E-state index is 10.9. The van der Waals surface area contributed by atoms with Crippen molar-refractivity contribution < 1.29 is 9.34 Å². The third-order valence-corrected chi connectivity index (χ3v) is 4.06. The first-order valence-electron chi connectivity index (χ1n) is 7.89. The zero-order valence-corrected chi connectivity index (χ0v) is 13.1. The summed E-state index contributed by atoms with van der Waals surface area (Å²) in [5.74, 6) is 1.37. The molecule has 6 nitrogen and oxygen atoms in total. The van der Waals surface area contributed by atoms with Gasteiger partial charge < -0.3 is 9.32 Å². The molecule has 1 aromatic carbocycles. The van der Waals surface area contributed by atoms with E-state index >= 15 is 0 Å². The summed E-state index contributed by atoms with van der Waals surface area (Å²) in [6.45, 7) is 1.96. The average molecular weight is 323 g/mol. The van der Waals surface area contributed by atoms with Gasteiger partial charge in [-0.25, -0.2) is 0 Å². The fraction of sp³-hybridized carbons (Fsp3) is 0.278. The van der Waals surface area contributed by atoms with Crippen LogP contribution in [0.2, 0.25) is 0 Å². The van der Waals surface area contributed by atoms with E-state index in [9.17, 15) is 15.4 Å². The van der Waals surface area contributed by atoms with E-state index in [4.69, 9.17) is 4.42 Å². The van der Waals surface area contributed by atoms with Crippen molar-refractivity contribution in [2.75, 3.05) is 18.0 Å². The van der Waals surface area contributed by atoms with Gasteiger partial charge in [0.1, 0.15) is 5.76 Å². The SMILES string of the molecule is N#C/C(=C/c1ccc(N2CCCCC2)o1)c1cccc([N+](=O)[O-])c1. The number of allylic oxidation sites excluding steroid dienone is 1. The van der Waals surface area contributed by atoms with Crippen molar-refractivity contribution in [3.05, 3.63) is 57.8 Å². The molecule has 2 heterocycles. The number of benzene rings is 1. The van der Waals surface area contributed by atoms with Gasteiger partial charge in [-0.3, -0.25) is 10.1 Å². The number of nitriles is 1. The van der Waals surface area contributed by atoms with Gasteiger partial charge in [0.05, 0.1) is 16.6 Å². The van der Waals surface area contributed by atoms with Gasteiger partial charge in [-0.05, 0) is 37.0 Å². The van der Waals surface area contributed by atoms with Crippen LogP contribution in [0.3, 0.4) is 0 Å². The van der Waals surface area contributed by atoms with Crippen LogP contribution < -0.4 is 4.90 Å². The maximum Gasteiger partial charge on any atom is 0.270 e. The molecule has 0 saturated carbocycles. The Labute approximate surface area is 139 Å². The van der Waals surface area contributed by atoms with Crippen LogP contribution >= 0.6 is 0 Å². The standard InChI is InChI=1S/C18H17N3O3/c19-13-15(14-5-4-6-16(11-14)21(22)23)12-17-7-8-18(24-17)20-9-2-1-3-10-20/h4-8,11-12H,1-3,9-10H2/b15-12-. The summed E-state index contributed by atoms with van der Waals surface area (Å²) < 4.78 is 5.82. The molecule has 1 saturated heterocycles. The first-order valence-corrected chi connectivity index (χ1v) is 7.89. The minimum Gasteiger partial charge on any atom is -0.441 e. The number of rotatable bonds is 4. The molecule has 0 bridgehead atoms. The summed E-state index contributed by atoms with van der Waals surface area (Å²) in [6, 6.07) is 11.8. The number of nitro groups is 1. The van der Waals surface area contributed by atoms with E-state index in [0.29, 0.717) is 16.9 Å². The third-order valence-electron chi connectivity index (χ3n) is 4.06. The molecule has 1 aliphatic rings. The van der Waals surface area contributed by atoms with Gasteiger partial charge in [0, 0.05) is 31.3 Å². The minimum atomic E-state index is -0.472. The summed E-state index contributed by atoms with van der Waals surface area (Å²) in [5.41, 5.74) is 0.794. The number of nitrogens with zero attached hydrogens (tertiary/aromatic N) is 3. The van der Waals surface area contributed by atoms with Gasteiger partial charge in [0.2, 0.25) is 0 Å². The smallest absolute Gasteiger partial charge is 0.270 e. The second-order valence-electron chi connectivity index (χ2n) is 5.70. The lowest BCUT2D eigenvalue weighted by Gasteiger charge is -2.25. The van der Waals surface area contributed by atoms with Crippen LogP contribution in [0.4, 0.5) is 11.6 Å². The Morgan fingerprint density at radius 1 is 1.25 bits per heavy atom. The fourth-order valence-electron chi connectivity index (χ4n) is 2.81. The summed E-state index contributed by atoms with van der Waals surface area (Å²) in [5, 5.41) is 20.3. The molecule has 2 aromatic rings. The van der Waals surface area contributed by atoms with Crippen molar-refractivity contribution in [3.8, 4) is 6.07 Å². The average Bonchev–Trinajstić information content (AvgIpc) is 3.09. The Kier molecular flexibility index (Phi) is 4.62. The van der Waals surface area contributed by atoms with Gasteiger partial charge in [-0.15, -0.1) is 0 Å². The van der Waals surface area contributed by atoms with Crippen molar-refractivity contribution >= 4 is 23.2 Å². The first-order chi connectivity index (χ1) is 11.7. The number of non-ortho nitro benzene ring substituents is 1. The summed E-state index contributed by atoms with van der Waals surface area (Å²) in [4.78, 5) is 12.6. The molecule has 1 aromatic heterocycles. The van der Waals surface area contributed by atoms with Crippen molar-refractivity contribution in [1.82, 2.24) is 0 Å². The van der Waals surface area contributed by atoms with E-state index in [-0.39, 0.29) is 5.69 Å². The van der Waals surface area contributed by atoms with Crippen LogP contribution in [-0.2, 0) is 0 Å². The molecule has 0 atom stereocenters. The number of anilines is 1. The third kappa shape index (κ3) is 3.46. The Hall–Kier alpha value is -3.07. The second kappa shape index (κ2) is 7.01. The molecule has 24 heavy (non-hydrogen) atoms. The maximum absolute atomic E-state index is 10.9. The second-order valence-corrected chi connectivity index (χ2v) is 5.70. The molecular weight excluding hydrogens is 306 g/mol. The molecular formula is C18H17N3O3. The molecule has 0 aliphatic carbocycles. The van der Waals surface area contributed by atoms with Crippen LogP contribution in [0.25, 0.3) is 11.6 Å². The molecule has 1 aliphatic heterocycles. The van der Waals surface area contributed by atoms with Crippen LogP contribution in [0.15, 0.2) is 40.8 Å². The van der Waals surface area contributed by atoms with Crippen LogP contribution in [-0.4, -0.2) is 18.0 Å². The largest absolute Gasteiger partial charge is 0.441 e. The highest BCUT2D eigenvalue weighted by atomic mass is 16.6. The lowest BCUT2D eigenvalue weighted by Crippen LogP contribution is -2.28. The fourth-order valence-corrected chi connectivity index (χ4v) is 2.81. The topological polar surface area (TPSA) is 83.3 Å². The van der Waals surface area contributed by atoms with Gasteiger partial charge in [0.25, 0.3) is 5.69 Å². The predicted octanol–water partition coefficient (Wildman–Crippen LogP) is 4.24. The number of hydrogen-bond acceptors (Lipinski definition) is 5. The van der Waals surface area contributed by atoms with Crippen molar-refractivity contribution in [2.24, 2.45) is 0 Å². The minimum absolute atomic E-state index is 0.0397. The first kappa shape index (κ1) is 15.8. The molecule has 0 radical (unpaired) electrons. The number of nitro benzene ring substituents is 1. The quantitative estimate of drug-likeness (QED) is 0.477. The monoisotopic (exact) mass is 323 g/mol. The number of furan rings is 1. The van der Waals surface area contributed by atoms with Gasteiger partial charge >= 0.3 is 0 Å². The highest BCUT2D eigenvalue weighted by molar-refractivity contribution is 5.89. The Bertz CT molecular complexity index is 811. The zero-order valence-electron chi connectivity index (χ0n) is 13.1. The van der Waals surface area contributed by atoms with Gasteiger partial charge in [0.15, 0.2) is 5.88 Å². The van der Waals surface area contributed by atoms with Crippen LogP contribution in [0, 0.1) is 21.4 Å². The van der Waals surface area contributed by atoms with E-state index in [1.54, 1.807) is 18.2 Å². The normalized spacial score (nSPS) is 15.1. The molecule has 3 rings (SSSR count). The van der Waals surface area contributed by atoms with Crippen molar-refractivity contribution in [2.45, 2.75) is 19.3 Å². The molecule has 0 spiro atoms. The van der Waals surface area contributed by atoms with E-state index < -0.39 is 4.92 Å². The highest BCUT2D eigenvalue weighted by Crippen LogP contribution is 2.26. The van der Waals surface area contributed by atoms with Gasteiger partial charge in [-0.2, -0.15) is 5.26 Å². The lowest BCUT2D eigenvalue weighted by atomic mass is 10.1. The molecule has 1 fully saturated rings. The van der Waals surface area contributed by atoms with Gasteiger partial charge in [-0.1, -0.05) is 12.1 Å². The number of hydrogen-bond donors (Lipinski definition) is 0. The van der Waals surface area contributed by atoms with E-state index in [1.165, 1.54) is 18.6 Å². The molecule has 0 amide bonds. The molecule has 122 valence electrons. The summed E-state index contributed by atoms with van der Waals surface area (Å²) in [7, 11) is 0. The van der Waals surface area contributed by atoms with Crippen molar-refractivity contribution in [1.29, 1.82) is 5.26 Å². The zero-order chi connectivity index (χ0) is 16.9. The predicted molar refractivity (Wildman–Crippen MR) is 91.4 cm³/mol. The van der Waals surface area contributed by atoms with Crippen LogP contribution in [0.1, 0.15) is 30.6 Å². The molecule has 0 N–H and O–H groups in total. The Balaban J connectivity index is 1.86. The van der Waals surface area contributed by atoms with E-state index in [2.05, 4.69) is 11.0 Å². The highest BCUT2D eigenvalue weighted by Gasteiger charge is 2.14. The lowest BCUT2D eigenvalue weighted by molar-refractivity contribution is -0.384. The summed E-state index contributed by atoms with van der Waals surface area (Å²) >= 11 is 0.